The maximum Gasteiger partial charge on any atom is 0.228 e. The molecule has 3 N–H and O–H groups in total. The summed E-state index contributed by atoms with van der Waals surface area (Å²) in [6.07, 6.45) is 0. The summed E-state index contributed by atoms with van der Waals surface area (Å²) in [5.41, 5.74) is 5.69. The van der Waals surface area contributed by atoms with Crippen molar-refractivity contribution in [3.8, 4) is 0 Å². The lowest BCUT2D eigenvalue weighted by Crippen LogP contribution is -2.26. The van der Waals surface area contributed by atoms with Crippen LogP contribution in [0, 0.1) is 11.7 Å². The number of hydrogen-bond donors (Lipinski definition) is 2. The van der Waals surface area contributed by atoms with Gasteiger partial charge < -0.3 is 11.1 Å². The normalized spacial score (nSPS) is 12.3. The van der Waals surface area contributed by atoms with Crippen molar-refractivity contribution in [1.82, 2.24) is 0 Å². The maximum absolute atomic E-state index is 13.1. The molecule has 0 saturated heterocycles. The van der Waals surface area contributed by atoms with E-state index in [0.29, 0.717) is 5.69 Å². The van der Waals surface area contributed by atoms with Crippen molar-refractivity contribution >= 4 is 34.8 Å². The maximum atomic E-state index is 13.1. The van der Waals surface area contributed by atoms with Crippen LogP contribution in [0.2, 0.25) is 10.0 Å². The molecule has 0 aliphatic rings. The minimum absolute atomic E-state index is 0.136. The van der Waals surface area contributed by atoms with E-state index in [0.717, 1.165) is 0 Å². The highest BCUT2D eigenvalue weighted by molar-refractivity contribution is 6.35. The van der Waals surface area contributed by atoms with E-state index < -0.39 is 5.82 Å². The molecule has 1 amide bonds. The van der Waals surface area contributed by atoms with Gasteiger partial charge in [-0.2, -0.15) is 0 Å². The molecule has 6 heteroatoms. The van der Waals surface area contributed by atoms with Gasteiger partial charge in [-0.05, 0) is 12.1 Å². The van der Waals surface area contributed by atoms with Gasteiger partial charge in [0.1, 0.15) is 0 Å². The summed E-state index contributed by atoms with van der Waals surface area (Å²) in [6, 6.07) is 2.59. The van der Waals surface area contributed by atoms with Crippen molar-refractivity contribution in [3.05, 3.63) is 28.0 Å². The Kier molecular flexibility index (Phi) is 4.53. The van der Waals surface area contributed by atoms with E-state index in [1.54, 1.807) is 6.92 Å². The first-order chi connectivity index (χ1) is 7.45. The average molecular weight is 265 g/mol. The molecule has 0 spiro atoms. The van der Waals surface area contributed by atoms with Gasteiger partial charge in [-0.15, -0.1) is 0 Å². The highest BCUT2D eigenvalue weighted by Crippen LogP contribution is 2.27. The Labute approximate surface area is 103 Å². The number of benzene rings is 1. The summed E-state index contributed by atoms with van der Waals surface area (Å²) in [5, 5.41) is 2.28. The fourth-order valence-electron chi connectivity index (χ4n) is 1.00. The zero-order chi connectivity index (χ0) is 12.3. The van der Waals surface area contributed by atoms with E-state index in [-0.39, 0.29) is 28.4 Å². The first-order valence-corrected chi connectivity index (χ1v) is 5.36. The molecule has 0 fully saturated rings. The van der Waals surface area contributed by atoms with Gasteiger partial charge in [-0.3, -0.25) is 4.79 Å². The number of nitrogens with two attached hydrogens (primary N) is 1. The molecular formula is C10H11Cl2FN2O. The van der Waals surface area contributed by atoms with Crippen LogP contribution in [0.1, 0.15) is 6.92 Å². The molecule has 0 radical (unpaired) electrons. The number of nitrogens with one attached hydrogen (secondary N) is 1. The topological polar surface area (TPSA) is 55.1 Å². The number of rotatable bonds is 3. The number of carbonyl (C=O) groups is 1. The SMILES string of the molecule is CC(CN)C(=O)Nc1cc(Cl)c(F)c(Cl)c1. The number of anilines is 1. The molecule has 1 aromatic carbocycles. The lowest BCUT2D eigenvalue weighted by atomic mass is 10.1. The summed E-state index contributed by atoms with van der Waals surface area (Å²) < 4.78 is 13.1. The van der Waals surface area contributed by atoms with E-state index in [1.165, 1.54) is 12.1 Å². The summed E-state index contributed by atoms with van der Waals surface area (Å²) in [6.45, 7) is 1.91. The van der Waals surface area contributed by atoms with E-state index in [4.69, 9.17) is 28.9 Å². The van der Waals surface area contributed by atoms with Crippen LogP contribution in [0.15, 0.2) is 12.1 Å². The fourth-order valence-corrected chi connectivity index (χ4v) is 1.49. The third kappa shape index (κ3) is 3.07. The summed E-state index contributed by atoms with van der Waals surface area (Å²) in [7, 11) is 0. The second kappa shape index (κ2) is 5.48. The predicted molar refractivity (Wildman–Crippen MR) is 63.3 cm³/mol. The monoisotopic (exact) mass is 264 g/mol. The molecule has 88 valence electrons. The molecule has 0 aromatic heterocycles. The highest BCUT2D eigenvalue weighted by Gasteiger charge is 2.13. The number of carbonyl (C=O) groups excluding carboxylic acids is 1. The molecule has 1 rings (SSSR count). The zero-order valence-electron chi connectivity index (χ0n) is 8.56. The van der Waals surface area contributed by atoms with E-state index >= 15 is 0 Å². The van der Waals surface area contributed by atoms with Crippen LogP contribution in [0.5, 0.6) is 0 Å². The van der Waals surface area contributed by atoms with Crippen molar-refractivity contribution in [2.24, 2.45) is 11.7 Å². The van der Waals surface area contributed by atoms with Gasteiger partial charge >= 0.3 is 0 Å². The number of amides is 1. The number of hydrogen-bond acceptors (Lipinski definition) is 2. The minimum atomic E-state index is -0.701. The van der Waals surface area contributed by atoms with Crippen LogP contribution in [0.3, 0.4) is 0 Å². The van der Waals surface area contributed by atoms with E-state index in [9.17, 15) is 9.18 Å². The van der Waals surface area contributed by atoms with Crippen LogP contribution in [0.25, 0.3) is 0 Å². The van der Waals surface area contributed by atoms with Gasteiger partial charge in [0.25, 0.3) is 0 Å². The highest BCUT2D eigenvalue weighted by atomic mass is 35.5. The lowest BCUT2D eigenvalue weighted by Gasteiger charge is -2.10. The van der Waals surface area contributed by atoms with Crippen molar-refractivity contribution in [1.29, 1.82) is 0 Å². The molecule has 16 heavy (non-hydrogen) atoms. The number of halogens is 3. The van der Waals surface area contributed by atoms with Gasteiger partial charge in [0, 0.05) is 18.2 Å². The smallest absolute Gasteiger partial charge is 0.228 e. The van der Waals surface area contributed by atoms with Crippen molar-refractivity contribution in [3.63, 3.8) is 0 Å². The molecule has 0 bridgehead atoms. The molecule has 1 unspecified atom stereocenters. The standard InChI is InChI=1S/C10H11Cl2FN2O/c1-5(4-14)10(16)15-6-2-7(11)9(13)8(12)3-6/h2-3,5H,4,14H2,1H3,(H,15,16). The van der Waals surface area contributed by atoms with Crippen molar-refractivity contribution < 1.29 is 9.18 Å². The lowest BCUT2D eigenvalue weighted by molar-refractivity contribution is -0.119. The van der Waals surface area contributed by atoms with E-state index in [1.807, 2.05) is 0 Å². The van der Waals surface area contributed by atoms with Crippen LogP contribution in [0.4, 0.5) is 10.1 Å². The summed E-state index contributed by atoms with van der Waals surface area (Å²) in [5.74, 6) is -1.29. The Hall–Kier alpha value is -0.840. The Morgan fingerprint density at radius 3 is 2.44 bits per heavy atom. The third-order valence-corrected chi connectivity index (χ3v) is 2.60. The summed E-state index contributed by atoms with van der Waals surface area (Å²) >= 11 is 11.2. The fraction of sp³-hybridized carbons (Fsp3) is 0.300. The predicted octanol–water partition coefficient (Wildman–Crippen LogP) is 2.67. The largest absolute Gasteiger partial charge is 0.330 e. The molecule has 0 heterocycles. The van der Waals surface area contributed by atoms with Crippen molar-refractivity contribution in [2.75, 3.05) is 11.9 Å². The van der Waals surface area contributed by atoms with Gasteiger partial charge in [-0.25, -0.2) is 4.39 Å². The third-order valence-electron chi connectivity index (χ3n) is 2.05. The van der Waals surface area contributed by atoms with Crippen LogP contribution < -0.4 is 11.1 Å². The molecular weight excluding hydrogens is 254 g/mol. The Balaban J connectivity index is 2.87. The molecule has 0 aliphatic heterocycles. The van der Waals surface area contributed by atoms with Gasteiger partial charge in [0.2, 0.25) is 5.91 Å². The minimum Gasteiger partial charge on any atom is -0.330 e. The molecule has 3 nitrogen and oxygen atoms in total. The second-order valence-corrected chi connectivity index (χ2v) is 4.19. The van der Waals surface area contributed by atoms with Crippen LogP contribution in [-0.2, 0) is 4.79 Å². The zero-order valence-corrected chi connectivity index (χ0v) is 10.1. The quantitative estimate of drug-likeness (QED) is 0.825. The van der Waals surface area contributed by atoms with Crippen molar-refractivity contribution in [2.45, 2.75) is 6.92 Å². The molecule has 1 atom stereocenters. The Morgan fingerprint density at radius 2 is 2.00 bits per heavy atom. The van der Waals surface area contributed by atoms with E-state index in [2.05, 4.69) is 5.32 Å². The first kappa shape index (κ1) is 13.2. The Bertz CT molecular complexity index is 389. The summed E-state index contributed by atoms with van der Waals surface area (Å²) in [4.78, 5) is 11.5. The van der Waals surface area contributed by atoms with Crippen LogP contribution in [-0.4, -0.2) is 12.5 Å². The average Bonchev–Trinajstić information content (AvgIpc) is 2.24. The van der Waals surface area contributed by atoms with Crippen LogP contribution >= 0.6 is 23.2 Å². The molecule has 1 aromatic rings. The molecule has 0 aliphatic carbocycles. The first-order valence-electron chi connectivity index (χ1n) is 4.61. The van der Waals surface area contributed by atoms with Gasteiger partial charge in [0.05, 0.1) is 10.0 Å². The Morgan fingerprint density at radius 1 is 1.50 bits per heavy atom. The molecule has 0 saturated carbocycles. The van der Waals surface area contributed by atoms with Gasteiger partial charge in [0.15, 0.2) is 5.82 Å². The second-order valence-electron chi connectivity index (χ2n) is 3.38. The van der Waals surface area contributed by atoms with Gasteiger partial charge in [-0.1, -0.05) is 30.1 Å².